The number of nitrogens with one attached hydrogen (secondary N) is 1. The van der Waals surface area contributed by atoms with Crippen molar-refractivity contribution in [3.63, 3.8) is 0 Å². The Bertz CT molecular complexity index is 1640. The number of pyridine rings is 1. The van der Waals surface area contributed by atoms with Crippen LogP contribution in [-0.4, -0.2) is 49.0 Å². The third-order valence-corrected chi connectivity index (χ3v) is 7.90. The van der Waals surface area contributed by atoms with E-state index < -0.39 is 5.60 Å². The number of amides is 1. The summed E-state index contributed by atoms with van der Waals surface area (Å²) >= 11 is 0. The van der Waals surface area contributed by atoms with Gasteiger partial charge in [-0.3, -0.25) is 4.68 Å². The summed E-state index contributed by atoms with van der Waals surface area (Å²) in [5.74, 6) is 0.568. The van der Waals surface area contributed by atoms with Gasteiger partial charge in [0, 0.05) is 53.7 Å². The highest BCUT2D eigenvalue weighted by Gasteiger charge is 2.55. The van der Waals surface area contributed by atoms with Crippen LogP contribution in [0.2, 0.25) is 0 Å². The summed E-state index contributed by atoms with van der Waals surface area (Å²) in [6, 6.07) is 11.9. The molecular formula is C31H34N6O3. The quantitative estimate of drug-likeness (QED) is 0.336. The van der Waals surface area contributed by atoms with Crippen molar-refractivity contribution in [3.8, 4) is 22.9 Å². The lowest BCUT2D eigenvalue weighted by Crippen LogP contribution is -2.40. The number of carbonyl (C=O) groups excluding carboxylic acids is 1. The van der Waals surface area contributed by atoms with Crippen molar-refractivity contribution in [2.45, 2.75) is 77.2 Å². The summed E-state index contributed by atoms with van der Waals surface area (Å²) in [6.45, 7) is 11.0. The van der Waals surface area contributed by atoms with Crippen LogP contribution >= 0.6 is 0 Å². The van der Waals surface area contributed by atoms with E-state index in [-0.39, 0.29) is 23.7 Å². The molecule has 3 aromatic heterocycles. The van der Waals surface area contributed by atoms with Crippen molar-refractivity contribution in [1.82, 2.24) is 24.6 Å². The second-order valence-corrected chi connectivity index (χ2v) is 12.0. The molecule has 0 saturated carbocycles. The van der Waals surface area contributed by atoms with Gasteiger partial charge in [0.15, 0.2) is 0 Å². The van der Waals surface area contributed by atoms with Gasteiger partial charge < -0.3 is 19.4 Å². The summed E-state index contributed by atoms with van der Waals surface area (Å²) in [6.07, 6.45) is 7.00. The van der Waals surface area contributed by atoms with Crippen molar-refractivity contribution < 1.29 is 14.3 Å². The molecular weight excluding hydrogens is 504 g/mol. The molecule has 0 bridgehead atoms. The van der Waals surface area contributed by atoms with E-state index in [2.05, 4.69) is 33.0 Å². The predicted molar refractivity (Wildman–Crippen MR) is 151 cm³/mol. The number of benzene rings is 1. The minimum absolute atomic E-state index is 0.0312. The fourth-order valence-electron chi connectivity index (χ4n) is 6.35. The molecule has 5 heterocycles. The average Bonchev–Trinajstić information content (AvgIpc) is 3.67. The van der Waals surface area contributed by atoms with Crippen LogP contribution in [0.3, 0.4) is 0 Å². The number of fused-ring (bicyclic) bond motifs is 3. The Morgan fingerprint density at radius 3 is 2.75 bits per heavy atom. The number of H-pyrrole nitrogens is 1. The number of likely N-dealkylation sites (tertiary alicyclic amines) is 1. The van der Waals surface area contributed by atoms with Crippen LogP contribution in [-0.2, 0) is 16.7 Å². The van der Waals surface area contributed by atoms with Gasteiger partial charge in [0.2, 0.25) is 0 Å². The van der Waals surface area contributed by atoms with Crippen molar-refractivity contribution in [1.29, 1.82) is 5.26 Å². The van der Waals surface area contributed by atoms with E-state index in [1.165, 1.54) is 0 Å². The number of nitriles is 1. The molecule has 1 N–H and O–H groups in total. The number of carbonyl (C=O) groups is 1. The molecule has 9 nitrogen and oxygen atoms in total. The second kappa shape index (κ2) is 9.40. The standard InChI is InChI=1S/C31H34N6O3/c1-19(2)39-25-7-6-20(14-21(25)16-32)24-18-34-28-23(24)15-22(17-33-28)27-31(10-13-37-26(31)8-11-35-37)9-12-36(27)29(38)40-30(3,4)5/h6-8,11,14-15,17-19,27H,9-10,12-13H2,1-5H3,(H,33,34). The Hall–Kier alpha value is -4.32. The molecule has 2 aliphatic rings. The van der Waals surface area contributed by atoms with Crippen molar-refractivity contribution in [2.75, 3.05) is 6.54 Å². The number of rotatable bonds is 4. The Balaban J connectivity index is 1.46. The summed E-state index contributed by atoms with van der Waals surface area (Å²) in [5, 5.41) is 15.3. The van der Waals surface area contributed by atoms with Crippen LogP contribution < -0.4 is 4.74 Å². The van der Waals surface area contributed by atoms with Crippen molar-refractivity contribution in [2.24, 2.45) is 0 Å². The number of hydrogen-bond acceptors (Lipinski definition) is 6. The fourth-order valence-corrected chi connectivity index (χ4v) is 6.35. The van der Waals surface area contributed by atoms with Crippen LogP contribution in [0.5, 0.6) is 5.75 Å². The van der Waals surface area contributed by atoms with Gasteiger partial charge in [0.1, 0.15) is 23.1 Å². The maximum atomic E-state index is 13.5. The van der Waals surface area contributed by atoms with Crippen molar-refractivity contribution in [3.05, 3.63) is 65.7 Å². The third kappa shape index (κ3) is 4.28. The second-order valence-electron chi connectivity index (χ2n) is 12.0. The van der Waals surface area contributed by atoms with Gasteiger partial charge in [-0.2, -0.15) is 10.4 Å². The van der Waals surface area contributed by atoms with E-state index in [0.717, 1.165) is 52.8 Å². The normalized spacial score (nSPS) is 20.3. The summed E-state index contributed by atoms with van der Waals surface area (Å²) < 4.78 is 13.8. The third-order valence-electron chi connectivity index (χ3n) is 7.90. The lowest BCUT2D eigenvalue weighted by Gasteiger charge is -2.35. The smallest absolute Gasteiger partial charge is 0.410 e. The van der Waals surface area contributed by atoms with E-state index in [9.17, 15) is 10.1 Å². The van der Waals surface area contributed by atoms with Crippen LogP contribution in [0.1, 0.15) is 70.3 Å². The Labute approximate surface area is 233 Å². The first-order valence-electron chi connectivity index (χ1n) is 13.8. The van der Waals surface area contributed by atoms with Gasteiger partial charge in [0.25, 0.3) is 0 Å². The topological polar surface area (TPSA) is 109 Å². The molecule has 0 radical (unpaired) electrons. The summed E-state index contributed by atoms with van der Waals surface area (Å²) in [5.41, 5.74) is 4.27. The molecule has 4 aromatic rings. The molecule has 1 amide bonds. The van der Waals surface area contributed by atoms with Gasteiger partial charge >= 0.3 is 6.09 Å². The van der Waals surface area contributed by atoms with Gasteiger partial charge in [-0.05, 0) is 82.9 Å². The molecule has 2 aliphatic heterocycles. The van der Waals surface area contributed by atoms with E-state index >= 15 is 0 Å². The van der Waals surface area contributed by atoms with Crippen LogP contribution in [0.4, 0.5) is 4.79 Å². The highest BCUT2D eigenvalue weighted by molar-refractivity contribution is 5.94. The minimum atomic E-state index is -0.602. The lowest BCUT2D eigenvalue weighted by molar-refractivity contribution is 0.0192. The first-order chi connectivity index (χ1) is 19.1. The van der Waals surface area contributed by atoms with Gasteiger partial charge in [-0.1, -0.05) is 6.07 Å². The van der Waals surface area contributed by atoms with Crippen molar-refractivity contribution >= 4 is 17.1 Å². The number of aryl methyl sites for hydroxylation is 1. The summed E-state index contributed by atoms with van der Waals surface area (Å²) in [4.78, 5) is 23.5. The number of nitrogens with zero attached hydrogens (tertiary/aromatic N) is 5. The molecule has 0 aliphatic carbocycles. The molecule has 2 atom stereocenters. The Morgan fingerprint density at radius 2 is 2.00 bits per heavy atom. The molecule has 9 heteroatoms. The van der Waals surface area contributed by atoms with E-state index in [4.69, 9.17) is 14.5 Å². The fraction of sp³-hybridized carbons (Fsp3) is 0.419. The zero-order valence-corrected chi connectivity index (χ0v) is 23.6. The number of aromatic nitrogens is 4. The molecule has 1 aromatic carbocycles. The van der Waals surface area contributed by atoms with Crippen LogP contribution in [0.15, 0.2) is 48.9 Å². The first-order valence-corrected chi connectivity index (χ1v) is 13.8. The van der Waals surface area contributed by atoms with Gasteiger partial charge in [-0.25, -0.2) is 9.78 Å². The summed E-state index contributed by atoms with van der Waals surface area (Å²) in [7, 11) is 0. The molecule has 6 rings (SSSR count). The highest BCUT2D eigenvalue weighted by Crippen LogP contribution is 2.54. The van der Waals surface area contributed by atoms with Crippen LogP contribution in [0.25, 0.3) is 22.2 Å². The molecule has 1 spiro atoms. The lowest BCUT2D eigenvalue weighted by atomic mass is 9.74. The maximum Gasteiger partial charge on any atom is 0.410 e. The van der Waals surface area contributed by atoms with Crippen LogP contribution in [0, 0.1) is 11.3 Å². The highest BCUT2D eigenvalue weighted by atomic mass is 16.6. The molecule has 1 saturated heterocycles. The van der Waals surface area contributed by atoms with Gasteiger partial charge in [0.05, 0.1) is 17.7 Å². The Morgan fingerprint density at radius 1 is 1.20 bits per heavy atom. The minimum Gasteiger partial charge on any atom is -0.490 e. The molecule has 206 valence electrons. The van der Waals surface area contributed by atoms with E-state index in [0.29, 0.717) is 17.9 Å². The number of ether oxygens (including phenoxy) is 2. The predicted octanol–water partition coefficient (Wildman–Crippen LogP) is 6.11. The van der Waals surface area contributed by atoms with E-state index in [1.54, 1.807) is 0 Å². The maximum absolute atomic E-state index is 13.5. The van der Waals surface area contributed by atoms with E-state index in [1.807, 2.05) is 76.3 Å². The monoisotopic (exact) mass is 538 g/mol. The Kier molecular flexibility index (Phi) is 6.10. The molecule has 40 heavy (non-hydrogen) atoms. The number of hydrogen-bond donors (Lipinski definition) is 1. The number of aromatic amines is 1. The van der Waals surface area contributed by atoms with Gasteiger partial charge in [-0.15, -0.1) is 0 Å². The zero-order chi connectivity index (χ0) is 28.2. The zero-order valence-electron chi connectivity index (χ0n) is 23.6. The SMILES string of the molecule is CC(C)Oc1ccc(-c2c[nH]c3ncc(C4N(C(=O)OC(C)(C)C)CCC45CCn4nccc45)cc23)cc1C#N. The first kappa shape index (κ1) is 25.9. The molecule has 1 fully saturated rings. The molecule has 2 unspecified atom stereocenters. The average molecular weight is 539 g/mol. The largest absolute Gasteiger partial charge is 0.490 e.